The number of carbonyl (C=O) groups is 1. The zero-order valence-corrected chi connectivity index (χ0v) is 20.5. The predicted octanol–water partition coefficient (Wildman–Crippen LogP) is 1.02. The summed E-state index contributed by atoms with van der Waals surface area (Å²) in [4.78, 5) is 24.3. The maximum Gasteiger partial charge on any atom is 0.243 e. The Labute approximate surface area is 195 Å². The molecule has 3 aliphatic rings. The number of aliphatic imine (C=N–C) groups is 1. The van der Waals surface area contributed by atoms with Crippen LogP contribution in [0.5, 0.6) is 0 Å². The highest BCUT2D eigenvalue weighted by atomic mass is 127. The molecule has 0 saturated carbocycles. The lowest BCUT2D eigenvalue weighted by Gasteiger charge is -2.47. The molecule has 3 saturated heterocycles. The minimum absolute atomic E-state index is 0. The summed E-state index contributed by atoms with van der Waals surface area (Å²) in [6, 6.07) is 10.9. The van der Waals surface area contributed by atoms with Crippen molar-refractivity contribution in [3.63, 3.8) is 0 Å². The molecule has 3 fully saturated rings. The van der Waals surface area contributed by atoms with Crippen LogP contribution in [0.25, 0.3) is 0 Å². The fraction of sp³-hybridized carbons (Fsp3) is 0.600. The second-order valence-corrected chi connectivity index (χ2v) is 8.58. The van der Waals surface area contributed by atoms with Gasteiger partial charge < -0.3 is 15.5 Å². The molecule has 1 aromatic carbocycles. The molecule has 0 spiro atoms. The SMILES string of the molecule is CN(C)C(=O)CN=C(NCCSc1ccccc1)NCC1CN2CCN1CC2.I. The number of amides is 1. The van der Waals surface area contributed by atoms with Gasteiger partial charge in [0.15, 0.2) is 5.96 Å². The van der Waals surface area contributed by atoms with E-state index in [9.17, 15) is 4.79 Å². The highest BCUT2D eigenvalue weighted by molar-refractivity contribution is 14.0. The normalized spacial score (nSPS) is 23.2. The topological polar surface area (TPSA) is 63.2 Å². The van der Waals surface area contributed by atoms with Crippen molar-refractivity contribution >= 4 is 47.6 Å². The molecule has 1 atom stereocenters. The van der Waals surface area contributed by atoms with Crippen LogP contribution in [0.3, 0.4) is 0 Å². The number of thioether (sulfide) groups is 1. The molecule has 4 rings (SSSR count). The monoisotopic (exact) mass is 532 g/mol. The zero-order valence-electron chi connectivity index (χ0n) is 17.3. The van der Waals surface area contributed by atoms with Crippen LogP contribution in [0.1, 0.15) is 0 Å². The second kappa shape index (κ2) is 12.6. The molecule has 3 aliphatic heterocycles. The zero-order chi connectivity index (χ0) is 19.8. The third-order valence-electron chi connectivity index (χ3n) is 5.18. The minimum Gasteiger partial charge on any atom is -0.356 e. The first-order valence-corrected chi connectivity index (χ1v) is 11.0. The fourth-order valence-corrected chi connectivity index (χ4v) is 4.24. The summed E-state index contributed by atoms with van der Waals surface area (Å²) >= 11 is 1.81. The Balaban J connectivity index is 0.00000300. The van der Waals surface area contributed by atoms with Crippen molar-refractivity contribution in [1.82, 2.24) is 25.3 Å². The first-order chi connectivity index (χ1) is 13.6. The summed E-state index contributed by atoms with van der Waals surface area (Å²) in [7, 11) is 3.52. The summed E-state index contributed by atoms with van der Waals surface area (Å²) in [6.07, 6.45) is 0. The Bertz CT molecular complexity index is 652. The smallest absolute Gasteiger partial charge is 0.243 e. The van der Waals surface area contributed by atoms with Crippen LogP contribution in [0, 0.1) is 0 Å². The van der Waals surface area contributed by atoms with Gasteiger partial charge in [-0.1, -0.05) is 18.2 Å². The molecule has 29 heavy (non-hydrogen) atoms. The molecule has 162 valence electrons. The van der Waals surface area contributed by atoms with Crippen LogP contribution in [0.15, 0.2) is 40.2 Å². The molecule has 3 heterocycles. The predicted molar refractivity (Wildman–Crippen MR) is 131 cm³/mol. The lowest BCUT2D eigenvalue weighted by molar-refractivity contribution is -0.127. The minimum atomic E-state index is 0. The van der Waals surface area contributed by atoms with Crippen molar-refractivity contribution in [3.8, 4) is 0 Å². The average Bonchev–Trinajstić information content (AvgIpc) is 2.73. The molecule has 1 unspecified atom stereocenters. The Morgan fingerprint density at radius 3 is 2.52 bits per heavy atom. The van der Waals surface area contributed by atoms with Gasteiger partial charge in [0.1, 0.15) is 6.54 Å². The average molecular weight is 532 g/mol. The number of rotatable bonds is 8. The number of fused-ring (bicyclic) bond motifs is 3. The molecule has 0 aromatic heterocycles. The van der Waals surface area contributed by atoms with E-state index in [1.807, 2.05) is 17.8 Å². The number of hydrogen-bond acceptors (Lipinski definition) is 5. The van der Waals surface area contributed by atoms with E-state index in [0.29, 0.717) is 6.04 Å². The standard InChI is InChI=1S/C20H32N6OS.HI/c1-24(2)19(27)15-23-20(21-8-13-28-18-6-4-3-5-7-18)22-14-17-16-25-9-11-26(17)12-10-25;/h3-7,17H,8-16H2,1-2H3,(H2,21,22,23);1H. The van der Waals surface area contributed by atoms with Gasteiger partial charge in [0.05, 0.1) is 0 Å². The van der Waals surface area contributed by atoms with Crippen LogP contribution in [0.4, 0.5) is 0 Å². The Hall–Kier alpha value is -1.04. The number of carbonyl (C=O) groups excluding carboxylic acids is 1. The quantitative estimate of drug-likeness (QED) is 0.172. The van der Waals surface area contributed by atoms with E-state index in [2.05, 4.69) is 49.7 Å². The largest absolute Gasteiger partial charge is 0.356 e. The maximum atomic E-state index is 11.9. The van der Waals surface area contributed by atoms with Crippen LogP contribution in [-0.4, -0.2) is 105 Å². The van der Waals surface area contributed by atoms with Gasteiger partial charge in [-0.3, -0.25) is 14.6 Å². The lowest BCUT2D eigenvalue weighted by Crippen LogP contribution is -2.63. The summed E-state index contributed by atoms with van der Waals surface area (Å²) in [6.45, 7) is 7.59. The van der Waals surface area contributed by atoms with Crippen molar-refractivity contribution in [3.05, 3.63) is 30.3 Å². The van der Waals surface area contributed by atoms with E-state index in [4.69, 9.17) is 0 Å². The van der Waals surface area contributed by atoms with Gasteiger partial charge in [0.2, 0.25) is 5.91 Å². The fourth-order valence-electron chi connectivity index (χ4n) is 3.45. The highest BCUT2D eigenvalue weighted by Crippen LogP contribution is 2.16. The lowest BCUT2D eigenvalue weighted by atomic mass is 10.1. The Kier molecular flexibility index (Phi) is 10.5. The number of piperazine rings is 3. The van der Waals surface area contributed by atoms with Crippen molar-refractivity contribution in [2.24, 2.45) is 4.99 Å². The molecule has 0 radical (unpaired) electrons. The Morgan fingerprint density at radius 1 is 1.17 bits per heavy atom. The first kappa shape index (κ1) is 24.2. The van der Waals surface area contributed by atoms with E-state index in [-0.39, 0.29) is 36.4 Å². The molecular weight excluding hydrogens is 499 g/mol. The van der Waals surface area contributed by atoms with Gasteiger partial charge >= 0.3 is 0 Å². The van der Waals surface area contributed by atoms with E-state index in [1.54, 1.807) is 19.0 Å². The number of benzene rings is 1. The molecule has 2 N–H and O–H groups in total. The van der Waals surface area contributed by atoms with Gasteiger partial charge in [-0.15, -0.1) is 35.7 Å². The third-order valence-corrected chi connectivity index (χ3v) is 6.19. The maximum absolute atomic E-state index is 11.9. The van der Waals surface area contributed by atoms with Crippen molar-refractivity contribution < 1.29 is 4.79 Å². The summed E-state index contributed by atoms with van der Waals surface area (Å²) < 4.78 is 0. The number of nitrogens with one attached hydrogen (secondary N) is 2. The van der Waals surface area contributed by atoms with Crippen LogP contribution in [0.2, 0.25) is 0 Å². The van der Waals surface area contributed by atoms with Crippen molar-refractivity contribution in [1.29, 1.82) is 0 Å². The third kappa shape index (κ3) is 7.95. The molecule has 0 aliphatic carbocycles. The van der Waals surface area contributed by atoms with Gasteiger partial charge in [0, 0.05) is 76.6 Å². The molecule has 1 amide bonds. The Morgan fingerprint density at radius 2 is 1.90 bits per heavy atom. The van der Waals surface area contributed by atoms with E-state index in [0.717, 1.165) is 44.4 Å². The second-order valence-electron chi connectivity index (χ2n) is 7.41. The number of halogens is 1. The molecule has 2 bridgehead atoms. The van der Waals surface area contributed by atoms with Crippen molar-refractivity contribution in [2.75, 3.05) is 72.2 Å². The first-order valence-electron chi connectivity index (χ1n) is 9.98. The van der Waals surface area contributed by atoms with E-state index < -0.39 is 0 Å². The van der Waals surface area contributed by atoms with Crippen molar-refractivity contribution in [2.45, 2.75) is 10.9 Å². The van der Waals surface area contributed by atoms with Crippen LogP contribution < -0.4 is 10.6 Å². The molecule has 7 nitrogen and oxygen atoms in total. The molecule has 9 heteroatoms. The summed E-state index contributed by atoms with van der Waals surface area (Å²) in [5, 5.41) is 6.84. The van der Waals surface area contributed by atoms with Gasteiger partial charge in [0.25, 0.3) is 0 Å². The number of hydrogen-bond donors (Lipinski definition) is 2. The van der Waals surface area contributed by atoms with Gasteiger partial charge in [-0.25, -0.2) is 4.99 Å². The van der Waals surface area contributed by atoms with E-state index in [1.165, 1.54) is 18.0 Å². The summed E-state index contributed by atoms with van der Waals surface area (Å²) in [5.41, 5.74) is 0. The van der Waals surface area contributed by atoms with E-state index >= 15 is 0 Å². The van der Waals surface area contributed by atoms with Crippen LogP contribution in [-0.2, 0) is 4.79 Å². The molecular formula is C20H33IN6OS. The van der Waals surface area contributed by atoms with Gasteiger partial charge in [-0.05, 0) is 12.1 Å². The number of nitrogens with zero attached hydrogens (tertiary/aromatic N) is 4. The number of likely N-dealkylation sites (N-methyl/N-ethyl adjacent to an activating group) is 1. The highest BCUT2D eigenvalue weighted by Gasteiger charge is 2.31. The number of guanidine groups is 1. The summed E-state index contributed by atoms with van der Waals surface area (Å²) in [5.74, 6) is 1.67. The van der Waals surface area contributed by atoms with Crippen LogP contribution >= 0.6 is 35.7 Å². The molecule has 1 aromatic rings. The van der Waals surface area contributed by atoms with Gasteiger partial charge in [-0.2, -0.15) is 0 Å².